The van der Waals surface area contributed by atoms with E-state index in [1.807, 2.05) is 23.1 Å². The van der Waals surface area contributed by atoms with Crippen LogP contribution in [0.2, 0.25) is 0 Å². The van der Waals surface area contributed by atoms with Crippen LogP contribution in [0.25, 0.3) is 0 Å². The van der Waals surface area contributed by atoms with Gasteiger partial charge in [-0.05, 0) is 48.2 Å². The molecular weight excluding hydrogens is 361 g/mol. The summed E-state index contributed by atoms with van der Waals surface area (Å²) in [5.41, 5.74) is 1.70. The normalized spacial score (nSPS) is 18.6. The topological polar surface area (TPSA) is 48.0 Å². The minimum absolute atomic E-state index is 0.000761. The molecule has 4 rings (SSSR count). The number of methoxy groups -OCH3 is 1. The second kappa shape index (κ2) is 8.09. The second-order valence-electron chi connectivity index (χ2n) is 7.15. The third-order valence-electron chi connectivity index (χ3n) is 5.30. The summed E-state index contributed by atoms with van der Waals surface area (Å²) in [5, 5.41) is 0. The number of fused-ring (bicyclic) bond motifs is 1. The molecule has 2 aliphatic heterocycles. The average molecular weight is 385 g/mol. The minimum atomic E-state index is -0.450. The zero-order valence-electron chi connectivity index (χ0n) is 15.9. The number of carbonyl (C=O) groups excluding carboxylic acids is 1. The number of likely N-dealkylation sites (tertiary alicyclic amines) is 1. The highest BCUT2D eigenvalue weighted by atomic mass is 19.1. The van der Waals surface area contributed by atoms with Gasteiger partial charge in [0.1, 0.15) is 0 Å². The van der Waals surface area contributed by atoms with E-state index in [2.05, 4.69) is 0 Å². The fourth-order valence-corrected chi connectivity index (χ4v) is 3.89. The van der Waals surface area contributed by atoms with E-state index in [0.717, 1.165) is 36.3 Å². The van der Waals surface area contributed by atoms with E-state index in [9.17, 15) is 9.18 Å². The summed E-state index contributed by atoms with van der Waals surface area (Å²) < 4.78 is 30.4. The van der Waals surface area contributed by atoms with Crippen molar-refractivity contribution in [2.24, 2.45) is 0 Å². The van der Waals surface area contributed by atoms with E-state index in [1.54, 1.807) is 12.1 Å². The van der Waals surface area contributed by atoms with Crippen molar-refractivity contribution in [3.63, 3.8) is 0 Å². The molecule has 1 atom stereocenters. The molecular formula is C22H24FNO4. The maximum atomic E-state index is 13.9. The SMILES string of the molecule is COc1ccc(CC(=O)N2CCC[C@@H]2c2ccc3c(c2)OCCCO3)cc1F. The van der Waals surface area contributed by atoms with Gasteiger partial charge in [-0.1, -0.05) is 12.1 Å². The molecule has 0 bridgehead atoms. The molecule has 0 aromatic heterocycles. The van der Waals surface area contributed by atoms with Crippen molar-refractivity contribution in [3.8, 4) is 17.2 Å². The Kier molecular flexibility index (Phi) is 5.37. The number of nitrogens with zero attached hydrogens (tertiary/aromatic N) is 1. The molecule has 28 heavy (non-hydrogen) atoms. The smallest absolute Gasteiger partial charge is 0.227 e. The maximum Gasteiger partial charge on any atom is 0.227 e. The molecule has 6 heteroatoms. The Labute approximate surface area is 164 Å². The molecule has 148 valence electrons. The lowest BCUT2D eigenvalue weighted by Crippen LogP contribution is -2.31. The van der Waals surface area contributed by atoms with Gasteiger partial charge in [-0.3, -0.25) is 4.79 Å². The quantitative estimate of drug-likeness (QED) is 0.801. The Morgan fingerprint density at radius 3 is 2.75 bits per heavy atom. The fourth-order valence-electron chi connectivity index (χ4n) is 3.89. The summed E-state index contributed by atoms with van der Waals surface area (Å²) in [6, 6.07) is 10.6. The second-order valence-corrected chi connectivity index (χ2v) is 7.15. The molecule has 0 unspecified atom stereocenters. The highest BCUT2D eigenvalue weighted by Crippen LogP contribution is 2.38. The van der Waals surface area contributed by atoms with Gasteiger partial charge in [-0.15, -0.1) is 0 Å². The zero-order chi connectivity index (χ0) is 19.5. The summed E-state index contributed by atoms with van der Waals surface area (Å²) in [6.45, 7) is 1.99. The molecule has 5 nitrogen and oxygen atoms in total. The van der Waals surface area contributed by atoms with Crippen LogP contribution in [0.5, 0.6) is 17.2 Å². The largest absolute Gasteiger partial charge is 0.494 e. The number of halogens is 1. The highest BCUT2D eigenvalue weighted by Gasteiger charge is 2.30. The lowest BCUT2D eigenvalue weighted by molar-refractivity contribution is -0.131. The summed E-state index contributed by atoms with van der Waals surface area (Å²) in [5.74, 6) is 1.23. The first kappa shape index (κ1) is 18.6. The summed E-state index contributed by atoms with van der Waals surface area (Å²) in [4.78, 5) is 14.8. The van der Waals surface area contributed by atoms with Crippen LogP contribution in [0.4, 0.5) is 4.39 Å². The number of hydrogen-bond acceptors (Lipinski definition) is 4. The van der Waals surface area contributed by atoms with Gasteiger partial charge in [0, 0.05) is 13.0 Å². The van der Waals surface area contributed by atoms with Crippen molar-refractivity contribution in [3.05, 3.63) is 53.3 Å². The predicted octanol–water partition coefficient (Wildman–Crippen LogP) is 3.90. The van der Waals surface area contributed by atoms with Gasteiger partial charge in [0.2, 0.25) is 5.91 Å². The van der Waals surface area contributed by atoms with Crippen LogP contribution in [0.3, 0.4) is 0 Å². The van der Waals surface area contributed by atoms with E-state index < -0.39 is 5.82 Å². The Balaban J connectivity index is 1.51. The predicted molar refractivity (Wildman–Crippen MR) is 102 cm³/mol. The molecule has 1 fully saturated rings. The van der Waals surface area contributed by atoms with Crippen molar-refractivity contribution in [2.75, 3.05) is 26.9 Å². The molecule has 0 radical (unpaired) electrons. The molecule has 2 aromatic rings. The first-order valence-corrected chi connectivity index (χ1v) is 9.67. The number of rotatable bonds is 4. The van der Waals surface area contributed by atoms with E-state index in [1.165, 1.54) is 13.2 Å². The van der Waals surface area contributed by atoms with Crippen LogP contribution < -0.4 is 14.2 Å². The molecule has 2 aliphatic rings. The summed E-state index contributed by atoms with van der Waals surface area (Å²) in [7, 11) is 1.42. The number of benzene rings is 2. The van der Waals surface area contributed by atoms with Crippen molar-refractivity contribution in [2.45, 2.75) is 31.7 Å². The molecule has 0 spiro atoms. The van der Waals surface area contributed by atoms with Gasteiger partial charge in [-0.2, -0.15) is 0 Å². The Morgan fingerprint density at radius 2 is 1.96 bits per heavy atom. The van der Waals surface area contributed by atoms with Gasteiger partial charge in [0.25, 0.3) is 0 Å². The molecule has 1 saturated heterocycles. The van der Waals surface area contributed by atoms with E-state index in [0.29, 0.717) is 25.3 Å². The molecule has 0 N–H and O–H groups in total. The summed E-state index contributed by atoms with van der Waals surface area (Å²) >= 11 is 0. The third kappa shape index (κ3) is 3.77. The molecule has 2 aromatic carbocycles. The lowest BCUT2D eigenvalue weighted by Gasteiger charge is -2.26. The van der Waals surface area contributed by atoms with Crippen molar-refractivity contribution >= 4 is 5.91 Å². The van der Waals surface area contributed by atoms with Crippen molar-refractivity contribution < 1.29 is 23.4 Å². The van der Waals surface area contributed by atoms with Gasteiger partial charge in [0.05, 0.1) is 32.8 Å². The summed E-state index contributed by atoms with van der Waals surface area (Å²) in [6.07, 6.45) is 2.88. The van der Waals surface area contributed by atoms with E-state index >= 15 is 0 Å². The van der Waals surface area contributed by atoms with Crippen LogP contribution in [0.15, 0.2) is 36.4 Å². The Bertz CT molecular complexity index is 870. The first-order chi connectivity index (χ1) is 13.7. The van der Waals surface area contributed by atoms with Crippen LogP contribution >= 0.6 is 0 Å². The first-order valence-electron chi connectivity index (χ1n) is 9.67. The Hall–Kier alpha value is -2.76. The van der Waals surface area contributed by atoms with Gasteiger partial charge >= 0.3 is 0 Å². The number of amides is 1. The van der Waals surface area contributed by atoms with Gasteiger partial charge in [0.15, 0.2) is 23.1 Å². The molecule has 0 saturated carbocycles. The van der Waals surface area contributed by atoms with Crippen LogP contribution in [0, 0.1) is 5.82 Å². The van der Waals surface area contributed by atoms with Crippen LogP contribution in [-0.2, 0) is 11.2 Å². The lowest BCUT2D eigenvalue weighted by atomic mass is 10.0. The molecule has 1 amide bonds. The van der Waals surface area contributed by atoms with E-state index in [4.69, 9.17) is 14.2 Å². The fraction of sp³-hybridized carbons (Fsp3) is 0.409. The number of carbonyl (C=O) groups is 1. The van der Waals surface area contributed by atoms with Crippen molar-refractivity contribution in [1.82, 2.24) is 4.90 Å². The zero-order valence-corrected chi connectivity index (χ0v) is 15.9. The third-order valence-corrected chi connectivity index (χ3v) is 5.30. The van der Waals surface area contributed by atoms with Crippen LogP contribution in [-0.4, -0.2) is 37.7 Å². The monoisotopic (exact) mass is 385 g/mol. The van der Waals surface area contributed by atoms with Crippen molar-refractivity contribution in [1.29, 1.82) is 0 Å². The van der Waals surface area contributed by atoms with E-state index in [-0.39, 0.29) is 24.1 Å². The van der Waals surface area contributed by atoms with Crippen LogP contribution in [0.1, 0.15) is 36.4 Å². The highest BCUT2D eigenvalue weighted by molar-refractivity contribution is 5.79. The number of hydrogen-bond donors (Lipinski definition) is 0. The average Bonchev–Trinajstić information content (AvgIpc) is 3.07. The minimum Gasteiger partial charge on any atom is -0.494 e. The van der Waals surface area contributed by atoms with Gasteiger partial charge < -0.3 is 19.1 Å². The standard InChI is InChI=1S/C22H24FNO4/c1-26-19-7-5-15(12-17(19)23)13-22(25)24-9-2-4-18(24)16-6-8-20-21(14-16)28-11-3-10-27-20/h5-8,12,14,18H,2-4,9-11,13H2,1H3/t18-/m1/s1. The maximum absolute atomic E-state index is 13.9. The number of ether oxygens (including phenoxy) is 3. The Morgan fingerprint density at radius 1 is 1.14 bits per heavy atom. The van der Waals surface area contributed by atoms with Gasteiger partial charge in [-0.25, -0.2) is 4.39 Å². The molecule has 0 aliphatic carbocycles. The molecule has 2 heterocycles.